The molecule has 2 atom stereocenters. The van der Waals surface area contributed by atoms with E-state index in [0.717, 1.165) is 18.6 Å². The van der Waals surface area contributed by atoms with Crippen molar-refractivity contribution in [2.45, 2.75) is 37.8 Å². The number of aliphatic hydroxyl groups is 2. The number of rotatable bonds is 5. The van der Waals surface area contributed by atoms with E-state index in [4.69, 9.17) is 21.1 Å². The minimum atomic E-state index is -0.806. The number of aliphatic carboxylic acids is 1. The number of nitrogens with zero attached hydrogens (tertiary/aromatic N) is 1. The zero-order valence-electron chi connectivity index (χ0n) is 15.0. The van der Waals surface area contributed by atoms with Gasteiger partial charge >= 0.3 is 5.97 Å². The molecule has 0 saturated carbocycles. The van der Waals surface area contributed by atoms with Gasteiger partial charge in [0.1, 0.15) is 12.5 Å². The van der Waals surface area contributed by atoms with Gasteiger partial charge in [0.2, 0.25) is 11.8 Å². The molecule has 3 rings (SSSR count). The summed E-state index contributed by atoms with van der Waals surface area (Å²) in [6.45, 7) is 1.91. The third kappa shape index (κ3) is 4.55. The van der Waals surface area contributed by atoms with E-state index in [-0.39, 0.29) is 31.0 Å². The molecule has 2 aliphatic heterocycles. The van der Waals surface area contributed by atoms with E-state index < -0.39 is 11.5 Å². The number of carbonyl (C=O) groups is 2. The molecule has 0 radical (unpaired) electrons. The van der Waals surface area contributed by atoms with Crippen molar-refractivity contribution in [2.75, 3.05) is 19.8 Å². The van der Waals surface area contributed by atoms with Crippen molar-refractivity contribution in [3.05, 3.63) is 35.9 Å². The van der Waals surface area contributed by atoms with E-state index in [9.17, 15) is 9.59 Å². The molecule has 7 nitrogen and oxygen atoms in total. The number of carboxylic acids is 1. The van der Waals surface area contributed by atoms with Crippen LogP contribution in [-0.4, -0.2) is 68.7 Å². The number of ketones is 1. The largest absolute Gasteiger partial charge is 0.481 e. The van der Waals surface area contributed by atoms with Gasteiger partial charge in [0.05, 0.1) is 18.8 Å². The van der Waals surface area contributed by atoms with E-state index in [1.54, 1.807) is 6.92 Å². The van der Waals surface area contributed by atoms with E-state index in [0.29, 0.717) is 18.5 Å². The molecular formula is C19H27N2O5+. The quantitative estimate of drug-likeness (QED) is 0.440. The number of aliphatic hydroxyl groups excluding tert-OH is 2. The van der Waals surface area contributed by atoms with Crippen LogP contribution in [0.3, 0.4) is 0 Å². The lowest BCUT2D eigenvalue weighted by Gasteiger charge is -2.16. The van der Waals surface area contributed by atoms with Crippen LogP contribution in [0.25, 0.3) is 0 Å². The Morgan fingerprint density at radius 3 is 2.31 bits per heavy atom. The summed E-state index contributed by atoms with van der Waals surface area (Å²) < 4.78 is 2.02. The zero-order valence-corrected chi connectivity index (χ0v) is 15.0. The van der Waals surface area contributed by atoms with Gasteiger partial charge in [0.25, 0.3) is 0 Å². The first-order valence-electron chi connectivity index (χ1n) is 8.75. The molecule has 0 aliphatic carbocycles. The molecule has 0 amide bonds. The predicted molar refractivity (Wildman–Crippen MR) is 96.4 cm³/mol. The number of nitrogens with two attached hydrogens (primary N) is 1. The van der Waals surface area contributed by atoms with Crippen molar-refractivity contribution < 1.29 is 29.5 Å². The molecule has 142 valence electrons. The van der Waals surface area contributed by atoms with Crippen molar-refractivity contribution in [3.63, 3.8) is 0 Å². The Labute approximate surface area is 152 Å². The van der Waals surface area contributed by atoms with Gasteiger partial charge in [-0.3, -0.25) is 9.59 Å². The normalized spacial score (nSPS) is 21.8. The molecule has 2 aliphatic rings. The Balaban J connectivity index is 0.000000298. The van der Waals surface area contributed by atoms with Crippen molar-refractivity contribution >= 4 is 17.5 Å². The first-order chi connectivity index (χ1) is 12.3. The smallest absolute Gasteiger partial charge is 0.317 e. The monoisotopic (exact) mass is 363 g/mol. The van der Waals surface area contributed by atoms with Crippen LogP contribution >= 0.6 is 0 Å². The lowest BCUT2D eigenvalue weighted by molar-refractivity contribution is -0.535. The van der Waals surface area contributed by atoms with Crippen LogP contribution in [0.5, 0.6) is 0 Å². The van der Waals surface area contributed by atoms with Crippen molar-refractivity contribution in [3.8, 4) is 0 Å². The summed E-state index contributed by atoms with van der Waals surface area (Å²) in [7, 11) is 0. The second-order valence-corrected chi connectivity index (χ2v) is 7.12. The standard InChI is InChI=1S/C15H15NO3.C4H11NO2/c17-14(10-4-2-1-3-5-10)13-7-6-12-11(15(18)19)8-9-16(12)13;1-4(5,2-6)3-7/h1-5,11,13H,6-9H2;6-7H,2-3,5H2,1H3/p+1. The third-order valence-electron chi connectivity index (χ3n) is 4.86. The molecule has 2 heterocycles. The number of hydrogen-bond donors (Lipinski definition) is 4. The maximum atomic E-state index is 12.5. The van der Waals surface area contributed by atoms with Crippen molar-refractivity contribution in [1.82, 2.24) is 0 Å². The highest BCUT2D eigenvalue weighted by Crippen LogP contribution is 2.28. The Morgan fingerprint density at radius 1 is 1.19 bits per heavy atom. The van der Waals surface area contributed by atoms with Crippen LogP contribution in [0.2, 0.25) is 0 Å². The lowest BCUT2D eigenvalue weighted by Crippen LogP contribution is -2.43. The summed E-state index contributed by atoms with van der Waals surface area (Å²) >= 11 is 0. The minimum absolute atomic E-state index is 0.113. The van der Waals surface area contributed by atoms with Crippen LogP contribution < -0.4 is 5.73 Å². The Bertz CT molecular complexity index is 678. The van der Waals surface area contributed by atoms with Gasteiger partial charge in [0.15, 0.2) is 5.71 Å². The van der Waals surface area contributed by atoms with Gasteiger partial charge in [-0.25, -0.2) is 4.58 Å². The van der Waals surface area contributed by atoms with E-state index in [1.165, 1.54) is 0 Å². The Hall–Kier alpha value is -2.09. The lowest BCUT2D eigenvalue weighted by atomic mass is 9.96. The third-order valence-corrected chi connectivity index (χ3v) is 4.86. The highest BCUT2D eigenvalue weighted by Gasteiger charge is 2.48. The number of Topliss-reactive ketones (excluding diaryl/α,β-unsaturated/α-hetero) is 1. The average molecular weight is 363 g/mol. The molecule has 7 heteroatoms. The Kier molecular flexibility index (Phi) is 6.63. The molecular weight excluding hydrogens is 336 g/mol. The summed E-state index contributed by atoms with van der Waals surface area (Å²) in [6.07, 6.45) is 2.11. The maximum absolute atomic E-state index is 12.5. The fraction of sp³-hybridized carbons (Fsp3) is 0.526. The van der Waals surface area contributed by atoms with E-state index >= 15 is 0 Å². The summed E-state index contributed by atoms with van der Waals surface area (Å²) in [5.41, 5.74) is 6.07. The van der Waals surface area contributed by atoms with Gasteiger partial charge in [-0.15, -0.1) is 0 Å². The number of benzene rings is 1. The molecule has 1 aromatic carbocycles. The molecule has 5 N–H and O–H groups in total. The fourth-order valence-corrected chi connectivity index (χ4v) is 3.28. The van der Waals surface area contributed by atoms with Crippen LogP contribution in [0, 0.1) is 5.92 Å². The van der Waals surface area contributed by atoms with Gasteiger partial charge in [-0.05, 0) is 6.92 Å². The highest BCUT2D eigenvalue weighted by atomic mass is 16.4. The van der Waals surface area contributed by atoms with E-state index in [2.05, 4.69) is 0 Å². The number of carboxylic acid groups (broad SMARTS) is 1. The minimum Gasteiger partial charge on any atom is -0.481 e. The van der Waals surface area contributed by atoms with Gasteiger partial charge < -0.3 is 21.1 Å². The van der Waals surface area contributed by atoms with Crippen LogP contribution in [0.15, 0.2) is 30.3 Å². The summed E-state index contributed by atoms with van der Waals surface area (Å²) in [5.74, 6) is -1.03. The van der Waals surface area contributed by atoms with Gasteiger partial charge in [0, 0.05) is 24.8 Å². The molecule has 26 heavy (non-hydrogen) atoms. The van der Waals surface area contributed by atoms with E-state index in [1.807, 2.05) is 34.9 Å². The molecule has 0 fully saturated rings. The molecule has 0 spiro atoms. The Morgan fingerprint density at radius 2 is 1.81 bits per heavy atom. The molecule has 0 saturated heterocycles. The molecule has 1 aromatic rings. The summed E-state index contributed by atoms with van der Waals surface area (Å²) in [4.78, 5) is 23.6. The second kappa shape index (κ2) is 8.53. The molecule has 0 bridgehead atoms. The SMILES string of the molecule is CC(N)(CO)CO.O=C(O)C1CC[N+]2=C1CCC2C(=O)c1ccccc1. The zero-order chi connectivity index (χ0) is 19.3. The number of hydrogen-bond acceptors (Lipinski definition) is 5. The number of carbonyl (C=O) groups excluding carboxylic acids is 1. The fourth-order valence-electron chi connectivity index (χ4n) is 3.28. The predicted octanol–water partition coefficient (Wildman–Crippen LogP) is 0.278. The first kappa shape index (κ1) is 20.2. The molecule has 0 aromatic heterocycles. The first-order valence-corrected chi connectivity index (χ1v) is 8.75. The van der Waals surface area contributed by atoms with Crippen LogP contribution in [0.1, 0.15) is 36.5 Å². The van der Waals surface area contributed by atoms with Gasteiger partial charge in [-0.1, -0.05) is 30.3 Å². The van der Waals surface area contributed by atoms with Crippen molar-refractivity contribution in [2.24, 2.45) is 11.7 Å². The topological polar surface area (TPSA) is 124 Å². The summed E-state index contributed by atoms with van der Waals surface area (Å²) in [6, 6.07) is 9.09. The average Bonchev–Trinajstić information content (AvgIpc) is 3.24. The van der Waals surface area contributed by atoms with Crippen LogP contribution in [0.4, 0.5) is 0 Å². The van der Waals surface area contributed by atoms with Crippen LogP contribution in [-0.2, 0) is 4.79 Å². The summed E-state index contributed by atoms with van der Waals surface area (Å²) in [5, 5.41) is 25.8. The molecule has 2 unspecified atom stereocenters. The van der Waals surface area contributed by atoms with Crippen molar-refractivity contribution in [1.29, 1.82) is 0 Å². The second-order valence-electron chi connectivity index (χ2n) is 7.12. The van der Waals surface area contributed by atoms with Gasteiger partial charge in [-0.2, -0.15) is 0 Å². The highest BCUT2D eigenvalue weighted by molar-refractivity contribution is 6.04. The maximum Gasteiger partial charge on any atom is 0.317 e.